The predicted octanol–water partition coefficient (Wildman–Crippen LogP) is 2.47. The molecule has 2 aliphatic heterocycles. The third kappa shape index (κ3) is 3.50. The quantitative estimate of drug-likeness (QED) is 0.865. The average Bonchev–Trinajstić information content (AvgIpc) is 3.10. The highest BCUT2D eigenvalue weighted by molar-refractivity contribution is 5.40. The number of ether oxygens (including phenoxy) is 1. The van der Waals surface area contributed by atoms with Crippen LogP contribution in [0.4, 0.5) is 5.95 Å². The van der Waals surface area contributed by atoms with Crippen LogP contribution in [0.25, 0.3) is 0 Å². The van der Waals surface area contributed by atoms with E-state index in [1.165, 1.54) is 38.6 Å². The van der Waals surface area contributed by atoms with Crippen LogP contribution in [0.1, 0.15) is 62.6 Å². The third-order valence-electron chi connectivity index (χ3n) is 7.72. The summed E-state index contributed by atoms with van der Waals surface area (Å²) >= 11 is 0. The normalized spacial score (nSPS) is 25.9. The van der Waals surface area contributed by atoms with Crippen molar-refractivity contribution in [2.24, 2.45) is 5.92 Å². The highest BCUT2D eigenvalue weighted by atomic mass is 16.5. The van der Waals surface area contributed by atoms with Crippen LogP contribution in [-0.2, 0) is 16.6 Å². The fourth-order valence-corrected chi connectivity index (χ4v) is 5.95. The Balaban J connectivity index is 1.31. The molecule has 6 heteroatoms. The number of likely N-dealkylation sites (tertiary alicyclic amines) is 1. The zero-order valence-corrected chi connectivity index (χ0v) is 17.0. The summed E-state index contributed by atoms with van der Waals surface area (Å²) in [5.41, 5.74) is 2.30. The minimum absolute atomic E-state index is 0.0907. The van der Waals surface area contributed by atoms with Crippen molar-refractivity contribution in [3.63, 3.8) is 0 Å². The summed E-state index contributed by atoms with van der Waals surface area (Å²) in [6.45, 7) is 6.65. The van der Waals surface area contributed by atoms with E-state index in [2.05, 4.69) is 14.8 Å². The molecule has 28 heavy (non-hydrogen) atoms. The standard InChI is InChI=1S/C22H34N4O2/c27-20-18-6-7-22(19(18)23-21(24-20)26-12-14-28-15-13-26)8-10-25(11-9-22)16-17-4-2-1-3-5-17/h17H,1-16H2,(H,23,24,27). The Hall–Kier alpha value is -1.40. The molecule has 0 bridgehead atoms. The maximum atomic E-state index is 12.8. The van der Waals surface area contributed by atoms with Crippen molar-refractivity contribution in [3.8, 4) is 0 Å². The van der Waals surface area contributed by atoms with Gasteiger partial charge in [-0.3, -0.25) is 9.78 Å². The number of fused-ring (bicyclic) bond motifs is 2. The van der Waals surface area contributed by atoms with Gasteiger partial charge < -0.3 is 14.5 Å². The molecule has 5 rings (SSSR count). The zero-order chi connectivity index (χ0) is 19.0. The van der Waals surface area contributed by atoms with Crippen molar-refractivity contribution >= 4 is 5.95 Å². The molecule has 3 heterocycles. The molecular formula is C22H34N4O2. The highest BCUT2D eigenvalue weighted by Crippen LogP contribution is 2.45. The lowest BCUT2D eigenvalue weighted by Gasteiger charge is -2.41. The first-order valence-electron chi connectivity index (χ1n) is 11.4. The molecule has 0 amide bonds. The van der Waals surface area contributed by atoms with E-state index in [4.69, 9.17) is 9.72 Å². The van der Waals surface area contributed by atoms with Gasteiger partial charge in [0.1, 0.15) is 0 Å². The molecule has 3 fully saturated rings. The number of hydrogen-bond acceptors (Lipinski definition) is 5. The van der Waals surface area contributed by atoms with Crippen LogP contribution in [0.2, 0.25) is 0 Å². The number of H-pyrrole nitrogens is 1. The van der Waals surface area contributed by atoms with Crippen LogP contribution in [0, 0.1) is 5.92 Å². The second-order valence-corrected chi connectivity index (χ2v) is 9.40. The number of nitrogens with zero attached hydrogens (tertiary/aromatic N) is 3. The lowest BCUT2D eigenvalue weighted by atomic mass is 9.75. The van der Waals surface area contributed by atoms with Crippen molar-refractivity contribution in [2.45, 2.75) is 63.2 Å². The summed E-state index contributed by atoms with van der Waals surface area (Å²) in [6, 6.07) is 0. The van der Waals surface area contributed by atoms with Crippen LogP contribution >= 0.6 is 0 Å². The van der Waals surface area contributed by atoms with Gasteiger partial charge in [0.25, 0.3) is 5.56 Å². The first kappa shape index (κ1) is 18.6. The van der Waals surface area contributed by atoms with Gasteiger partial charge in [0.15, 0.2) is 0 Å². The maximum Gasteiger partial charge on any atom is 0.255 e. The number of morpholine rings is 1. The first-order chi connectivity index (χ1) is 13.7. The van der Waals surface area contributed by atoms with Gasteiger partial charge in [0.05, 0.1) is 18.9 Å². The largest absolute Gasteiger partial charge is 0.378 e. The minimum Gasteiger partial charge on any atom is -0.378 e. The molecule has 6 nitrogen and oxygen atoms in total. The van der Waals surface area contributed by atoms with E-state index in [1.54, 1.807) is 0 Å². The van der Waals surface area contributed by atoms with E-state index in [1.807, 2.05) is 0 Å². The Morgan fingerprint density at radius 1 is 1.04 bits per heavy atom. The fourth-order valence-electron chi connectivity index (χ4n) is 5.95. The van der Waals surface area contributed by atoms with E-state index in [0.717, 1.165) is 75.0 Å². The first-order valence-corrected chi connectivity index (χ1v) is 11.4. The smallest absolute Gasteiger partial charge is 0.255 e. The van der Waals surface area contributed by atoms with Crippen LogP contribution in [0.15, 0.2) is 4.79 Å². The Bertz CT molecular complexity index is 741. The molecule has 2 saturated heterocycles. The average molecular weight is 387 g/mol. The second kappa shape index (κ2) is 7.79. The SMILES string of the molecule is O=c1[nH]c(N2CCOCC2)nc2c1CCC21CCN(CC2CCCCC2)CC1. The van der Waals surface area contributed by atoms with Crippen LogP contribution in [0.5, 0.6) is 0 Å². The molecule has 0 radical (unpaired) electrons. The van der Waals surface area contributed by atoms with E-state index >= 15 is 0 Å². The van der Waals surface area contributed by atoms with Crippen molar-refractivity contribution in [2.75, 3.05) is 50.8 Å². The van der Waals surface area contributed by atoms with Gasteiger partial charge >= 0.3 is 0 Å². The monoisotopic (exact) mass is 386 g/mol. The third-order valence-corrected chi connectivity index (χ3v) is 7.72. The molecular weight excluding hydrogens is 352 g/mol. The van der Waals surface area contributed by atoms with Gasteiger partial charge in [-0.25, -0.2) is 4.98 Å². The lowest BCUT2D eigenvalue weighted by molar-refractivity contribution is 0.121. The van der Waals surface area contributed by atoms with Crippen molar-refractivity contribution < 1.29 is 4.74 Å². The number of piperidine rings is 1. The molecule has 4 aliphatic rings. The van der Waals surface area contributed by atoms with E-state index in [0.29, 0.717) is 13.2 Å². The summed E-state index contributed by atoms with van der Waals surface area (Å²) < 4.78 is 5.46. The topological polar surface area (TPSA) is 61.5 Å². The molecule has 1 N–H and O–H groups in total. The predicted molar refractivity (Wildman–Crippen MR) is 110 cm³/mol. The molecule has 1 saturated carbocycles. The van der Waals surface area contributed by atoms with Crippen LogP contribution < -0.4 is 10.5 Å². The second-order valence-electron chi connectivity index (χ2n) is 9.40. The summed E-state index contributed by atoms with van der Waals surface area (Å²) in [5.74, 6) is 1.67. The Morgan fingerprint density at radius 2 is 1.79 bits per heavy atom. The highest BCUT2D eigenvalue weighted by Gasteiger charge is 2.44. The Morgan fingerprint density at radius 3 is 2.54 bits per heavy atom. The van der Waals surface area contributed by atoms with Gasteiger partial charge in [-0.2, -0.15) is 0 Å². The molecule has 1 aromatic rings. The van der Waals surface area contributed by atoms with E-state index < -0.39 is 0 Å². The molecule has 0 atom stereocenters. The summed E-state index contributed by atoms with van der Waals surface area (Å²) in [5, 5.41) is 0. The lowest BCUT2D eigenvalue weighted by Crippen LogP contribution is -2.44. The van der Waals surface area contributed by atoms with Gasteiger partial charge in [-0.05, 0) is 57.5 Å². The van der Waals surface area contributed by atoms with Crippen molar-refractivity contribution in [1.82, 2.24) is 14.9 Å². The number of nitrogens with one attached hydrogen (secondary N) is 1. The summed E-state index contributed by atoms with van der Waals surface area (Å²) in [4.78, 5) is 25.7. The number of aromatic nitrogens is 2. The number of hydrogen-bond donors (Lipinski definition) is 1. The van der Waals surface area contributed by atoms with Crippen LogP contribution in [-0.4, -0.2) is 60.8 Å². The number of anilines is 1. The fraction of sp³-hybridized carbons (Fsp3) is 0.818. The maximum absolute atomic E-state index is 12.8. The minimum atomic E-state index is 0.0907. The molecule has 0 aromatic carbocycles. The zero-order valence-electron chi connectivity index (χ0n) is 17.0. The summed E-state index contributed by atoms with van der Waals surface area (Å²) in [7, 11) is 0. The van der Waals surface area contributed by atoms with Crippen LogP contribution in [0.3, 0.4) is 0 Å². The van der Waals surface area contributed by atoms with Gasteiger partial charge in [-0.1, -0.05) is 19.3 Å². The summed E-state index contributed by atoms with van der Waals surface area (Å²) in [6.07, 6.45) is 11.4. The number of rotatable bonds is 3. The van der Waals surface area contributed by atoms with Crippen molar-refractivity contribution in [1.29, 1.82) is 0 Å². The van der Waals surface area contributed by atoms with Gasteiger partial charge in [0, 0.05) is 30.6 Å². The Kier molecular flexibility index (Phi) is 5.18. The van der Waals surface area contributed by atoms with Gasteiger partial charge in [-0.15, -0.1) is 0 Å². The molecule has 1 aromatic heterocycles. The number of aromatic amines is 1. The van der Waals surface area contributed by atoms with Crippen molar-refractivity contribution in [3.05, 3.63) is 21.6 Å². The molecule has 2 aliphatic carbocycles. The van der Waals surface area contributed by atoms with Gasteiger partial charge in [0.2, 0.25) is 5.95 Å². The molecule has 154 valence electrons. The molecule has 0 unspecified atom stereocenters. The Labute approximate surface area is 167 Å². The van der Waals surface area contributed by atoms with E-state index in [9.17, 15) is 4.79 Å². The molecule has 1 spiro atoms. The van der Waals surface area contributed by atoms with E-state index in [-0.39, 0.29) is 11.0 Å².